The van der Waals surface area contributed by atoms with Crippen molar-refractivity contribution in [1.82, 2.24) is 4.31 Å². The number of nitrogens with zero attached hydrogens (tertiary/aromatic N) is 3. The van der Waals surface area contributed by atoms with E-state index in [-0.39, 0.29) is 29.0 Å². The molecule has 1 aliphatic carbocycles. The molecule has 3 aliphatic rings. The zero-order valence-electron chi connectivity index (χ0n) is 20.0. The number of para-hydroxylation sites is 1. The van der Waals surface area contributed by atoms with Gasteiger partial charge in [-0.1, -0.05) is 29.8 Å². The summed E-state index contributed by atoms with van der Waals surface area (Å²) in [5.41, 5.74) is -5.71. The minimum absolute atomic E-state index is 0.0544. The number of aliphatic hydroxyl groups is 1. The third kappa shape index (κ3) is 4.98. The summed E-state index contributed by atoms with van der Waals surface area (Å²) in [6.07, 6.45) is -9.50. The van der Waals surface area contributed by atoms with Gasteiger partial charge in [0.25, 0.3) is 5.60 Å². The molecule has 3 heterocycles. The van der Waals surface area contributed by atoms with Crippen LogP contribution in [0.5, 0.6) is 0 Å². The van der Waals surface area contributed by atoms with Crippen molar-refractivity contribution in [2.24, 2.45) is 5.10 Å². The van der Waals surface area contributed by atoms with Crippen LogP contribution in [0.2, 0.25) is 5.02 Å². The Hall–Kier alpha value is -2.13. The van der Waals surface area contributed by atoms with E-state index in [1.807, 2.05) is 0 Å². The van der Waals surface area contributed by atoms with Crippen molar-refractivity contribution in [3.8, 4) is 0 Å². The third-order valence-electron chi connectivity index (χ3n) is 7.00. The van der Waals surface area contributed by atoms with Gasteiger partial charge in [0, 0.05) is 29.3 Å². The van der Waals surface area contributed by atoms with E-state index >= 15 is 0 Å². The second-order valence-electron chi connectivity index (χ2n) is 9.55. The van der Waals surface area contributed by atoms with Crippen molar-refractivity contribution in [2.75, 3.05) is 18.1 Å². The van der Waals surface area contributed by atoms with Crippen molar-refractivity contribution in [3.63, 3.8) is 0 Å². The van der Waals surface area contributed by atoms with E-state index in [1.54, 1.807) is 24.3 Å². The van der Waals surface area contributed by atoms with Crippen LogP contribution in [0, 0.1) is 0 Å². The number of halogens is 7. The largest absolute Gasteiger partial charge is 0.431 e. The van der Waals surface area contributed by atoms with Gasteiger partial charge in [-0.25, -0.2) is 8.42 Å². The predicted molar refractivity (Wildman–Crippen MR) is 136 cm³/mol. The molecule has 0 bridgehead atoms. The van der Waals surface area contributed by atoms with Gasteiger partial charge in [-0.2, -0.15) is 35.7 Å². The topological polar surface area (TPSA) is 73.2 Å². The van der Waals surface area contributed by atoms with E-state index in [9.17, 15) is 39.9 Å². The van der Waals surface area contributed by atoms with E-state index in [2.05, 4.69) is 5.10 Å². The average Bonchev–Trinajstić information content (AvgIpc) is 3.46. The number of alkyl halides is 6. The summed E-state index contributed by atoms with van der Waals surface area (Å²) >= 11 is 7.38. The van der Waals surface area contributed by atoms with Gasteiger partial charge < -0.3 is 5.11 Å². The molecular formula is C24H22ClF6N3O3S2. The molecule has 1 unspecified atom stereocenters. The number of hydrogen-bond donors (Lipinski definition) is 1. The number of benzene rings is 1. The Morgan fingerprint density at radius 3 is 2.26 bits per heavy atom. The molecule has 15 heteroatoms. The number of rotatable bonds is 6. The van der Waals surface area contributed by atoms with Gasteiger partial charge in [0.05, 0.1) is 27.7 Å². The third-order valence-corrected chi connectivity index (χ3v) is 10.9. The molecule has 0 saturated heterocycles. The fraction of sp³-hybridized carbons (Fsp3) is 0.458. The van der Waals surface area contributed by atoms with Gasteiger partial charge in [0.1, 0.15) is 0 Å². The number of anilines is 1. The normalized spacial score (nSPS) is 21.7. The van der Waals surface area contributed by atoms with Gasteiger partial charge in [0.15, 0.2) is 0 Å². The molecule has 212 valence electrons. The summed E-state index contributed by atoms with van der Waals surface area (Å²) in [4.78, 5) is 1.12. The van der Waals surface area contributed by atoms with Gasteiger partial charge in [-0.05, 0) is 49.1 Å². The standard InChI is InChI=1S/C24H22ClF6N3O3S2/c25-16-3-1-2-4-17(16)34-18(13-21(32-34)22(35,23(26,27)28)24(29,30)31)20-8-7-19(38-20)14-9-11-33(12-10-14)39(36,37)15-5-6-15/h1-4,7-9,15,18,35H,5-6,10-13H2. The second kappa shape index (κ2) is 9.75. The van der Waals surface area contributed by atoms with Crippen molar-refractivity contribution < 1.29 is 39.9 Å². The monoisotopic (exact) mass is 613 g/mol. The molecule has 1 aromatic heterocycles. The van der Waals surface area contributed by atoms with Gasteiger partial charge in [-0.3, -0.25) is 5.01 Å². The van der Waals surface area contributed by atoms with Crippen LogP contribution in [0.25, 0.3) is 5.57 Å². The molecule has 0 radical (unpaired) electrons. The van der Waals surface area contributed by atoms with E-state index < -0.39 is 46.2 Å². The number of hydrogen-bond acceptors (Lipinski definition) is 6. The fourth-order valence-electron chi connectivity index (χ4n) is 4.69. The maximum atomic E-state index is 13.7. The Morgan fingerprint density at radius 2 is 1.69 bits per heavy atom. The van der Waals surface area contributed by atoms with Gasteiger partial charge >= 0.3 is 12.4 Å². The molecule has 0 spiro atoms. The fourth-order valence-corrected chi connectivity index (χ4v) is 7.85. The molecule has 1 fully saturated rings. The Labute approximate surface area is 229 Å². The van der Waals surface area contributed by atoms with E-state index in [0.717, 1.165) is 21.9 Å². The highest BCUT2D eigenvalue weighted by Gasteiger charge is 2.74. The Balaban J connectivity index is 1.47. The Bertz CT molecular complexity index is 1420. The van der Waals surface area contributed by atoms with Crippen molar-refractivity contribution in [2.45, 2.75) is 54.9 Å². The smallest absolute Gasteiger partial charge is 0.369 e. The lowest BCUT2D eigenvalue weighted by molar-refractivity contribution is -0.338. The first-order chi connectivity index (χ1) is 18.1. The zero-order chi connectivity index (χ0) is 28.4. The molecule has 2 aliphatic heterocycles. The SMILES string of the molecule is O=S(=O)(C1CC1)N1CC=C(c2ccc(C3CC(C(O)(C(F)(F)F)C(F)(F)F)=NN3c3ccccc3Cl)s2)CC1. The van der Waals surface area contributed by atoms with Crippen LogP contribution in [-0.4, -0.2) is 59.8 Å². The highest BCUT2D eigenvalue weighted by Crippen LogP contribution is 2.50. The molecule has 6 nitrogen and oxygen atoms in total. The first-order valence-corrected chi connectivity index (χ1v) is 14.6. The van der Waals surface area contributed by atoms with E-state index in [0.29, 0.717) is 29.0 Å². The van der Waals surface area contributed by atoms with Crippen LogP contribution in [-0.2, 0) is 10.0 Å². The average molecular weight is 614 g/mol. The van der Waals surface area contributed by atoms with Crippen LogP contribution in [0.3, 0.4) is 0 Å². The molecule has 5 rings (SSSR count). The van der Waals surface area contributed by atoms with Crippen LogP contribution in [0.4, 0.5) is 32.0 Å². The van der Waals surface area contributed by atoms with E-state index in [4.69, 9.17) is 11.6 Å². The summed E-state index contributed by atoms with van der Waals surface area (Å²) < 4.78 is 108. The summed E-state index contributed by atoms with van der Waals surface area (Å²) in [6.45, 7) is 0.471. The number of sulfonamides is 1. The lowest BCUT2D eigenvalue weighted by Crippen LogP contribution is -2.62. The summed E-state index contributed by atoms with van der Waals surface area (Å²) in [5, 5.41) is 14.4. The van der Waals surface area contributed by atoms with Gasteiger partial charge in [-0.15, -0.1) is 11.3 Å². The van der Waals surface area contributed by atoms with Crippen LogP contribution in [0.15, 0.2) is 47.6 Å². The molecular weight excluding hydrogens is 592 g/mol. The maximum Gasteiger partial charge on any atom is 0.431 e. The minimum Gasteiger partial charge on any atom is -0.369 e. The number of thiophene rings is 1. The highest BCUT2D eigenvalue weighted by molar-refractivity contribution is 7.90. The number of hydrazone groups is 1. The first-order valence-electron chi connectivity index (χ1n) is 11.9. The molecule has 2 aromatic rings. The highest BCUT2D eigenvalue weighted by atomic mass is 35.5. The zero-order valence-corrected chi connectivity index (χ0v) is 22.4. The minimum atomic E-state index is -6.06. The lowest BCUT2D eigenvalue weighted by Gasteiger charge is -2.31. The molecule has 39 heavy (non-hydrogen) atoms. The van der Waals surface area contributed by atoms with Gasteiger partial charge in [0.2, 0.25) is 10.0 Å². The van der Waals surface area contributed by atoms with Crippen molar-refractivity contribution >= 4 is 49.9 Å². The lowest BCUT2D eigenvalue weighted by atomic mass is 9.91. The van der Waals surface area contributed by atoms with Crippen molar-refractivity contribution in [3.05, 3.63) is 57.3 Å². The summed E-state index contributed by atoms with van der Waals surface area (Å²) in [7, 11) is -3.34. The van der Waals surface area contributed by atoms with Crippen LogP contribution in [0.1, 0.15) is 41.5 Å². The summed E-state index contributed by atoms with van der Waals surface area (Å²) in [6, 6.07) is 8.07. The predicted octanol–water partition coefficient (Wildman–Crippen LogP) is 6.15. The summed E-state index contributed by atoms with van der Waals surface area (Å²) in [5.74, 6) is 0. The Morgan fingerprint density at radius 1 is 1.03 bits per heavy atom. The molecule has 0 amide bonds. The second-order valence-corrected chi connectivity index (χ2v) is 13.3. The van der Waals surface area contributed by atoms with Crippen LogP contribution >= 0.6 is 22.9 Å². The van der Waals surface area contributed by atoms with Crippen molar-refractivity contribution in [1.29, 1.82) is 0 Å². The quantitative estimate of drug-likeness (QED) is 0.397. The first kappa shape index (κ1) is 28.4. The van der Waals surface area contributed by atoms with Crippen LogP contribution < -0.4 is 5.01 Å². The molecule has 1 aromatic carbocycles. The Kier molecular flexibility index (Phi) is 7.10. The molecule has 1 atom stereocenters. The molecule has 1 N–H and O–H groups in total. The van der Waals surface area contributed by atoms with E-state index in [1.165, 1.54) is 22.5 Å². The molecule has 1 saturated carbocycles. The maximum absolute atomic E-state index is 13.7.